The second kappa shape index (κ2) is 12.1. The fraction of sp³-hybridized carbons (Fsp3) is 0.462. The molecule has 0 spiro atoms. The largest absolute Gasteiger partial charge is 0.444 e. The van der Waals surface area contributed by atoms with Crippen LogP contribution >= 0.6 is 0 Å². The summed E-state index contributed by atoms with van der Waals surface area (Å²) in [5.41, 5.74) is 6.26. The zero-order valence-corrected chi connectivity index (χ0v) is 22.6. The lowest BCUT2D eigenvalue weighted by atomic mass is 10.1. The maximum Gasteiger partial charge on any atom is 0.407 e. The van der Waals surface area contributed by atoms with E-state index in [1.807, 2.05) is 30.7 Å². The Bertz CT molecular complexity index is 1290. The third kappa shape index (κ3) is 7.09. The smallest absolute Gasteiger partial charge is 0.407 e. The topological polar surface area (TPSA) is 145 Å². The van der Waals surface area contributed by atoms with Crippen molar-refractivity contribution in [3.05, 3.63) is 41.8 Å². The third-order valence-corrected chi connectivity index (χ3v) is 5.65. The van der Waals surface area contributed by atoms with E-state index in [2.05, 4.69) is 26.0 Å². The van der Waals surface area contributed by atoms with Gasteiger partial charge in [-0.2, -0.15) is 5.10 Å². The van der Waals surface area contributed by atoms with E-state index in [1.165, 1.54) is 0 Å². The number of rotatable bonds is 11. The van der Waals surface area contributed by atoms with Crippen LogP contribution in [0.2, 0.25) is 0 Å². The fourth-order valence-corrected chi connectivity index (χ4v) is 3.79. The number of carbonyl (C=O) groups is 2. The number of halogens is 1. The van der Waals surface area contributed by atoms with Crippen LogP contribution in [0.15, 0.2) is 30.5 Å². The normalized spacial score (nSPS) is 13.1. The molecule has 0 saturated carbocycles. The zero-order chi connectivity index (χ0) is 28.0. The summed E-state index contributed by atoms with van der Waals surface area (Å²) in [5, 5.41) is 14.0. The molecule has 206 valence electrons. The van der Waals surface area contributed by atoms with E-state index < -0.39 is 35.5 Å². The molecule has 3 rings (SSSR count). The number of anilines is 3. The van der Waals surface area contributed by atoms with Crippen molar-refractivity contribution in [3.63, 3.8) is 0 Å². The van der Waals surface area contributed by atoms with Gasteiger partial charge in [0.25, 0.3) is 5.91 Å². The molecule has 2 amide bonds. The number of aromatic nitrogens is 3. The zero-order valence-electron chi connectivity index (χ0n) is 22.6. The minimum absolute atomic E-state index is 0.0704. The highest BCUT2D eigenvalue weighted by Crippen LogP contribution is 2.29. The van der Waals surface area contributed by atoms with Crippen LogP contribution in [0.3, 0.4) is 0 Å². The summed E-state index contributed by atoms with van der Waals surface area (Å²) < 4.78 is 27.9. The van der Waals surface area contributed by atoms with Crippen LogP contribution in [0, 0.1) is 5.82 Å². The number of primary amides is 1. The molecule has 2 atom stereocenters. The van der Waals surface area contributed by atoms with Crippen molar-refractivity contribution < 1.29 is 23.5 Å². The molecular weight excluding hydrogens is 493 g/mol. The van der Waals surface area contributed by atoms with Crippen LogP contribution in [-0.4, -0.2) is 57.7 Å². The van der Waals surface area contributed by atoms with Gasteiger partial charge in [0.05, 0.1) is 41.7 Å². The number of aryl methyl sites for hydroxylation is 1. The molecule has 0 aliphatic carbocycles. The molecule has 38 heavy (non-hydrogen) atoms. The van der Waals surface area contributed by atoms with Crippen molar-refractivity contribution in [2.75, 3.05) is 23.8 Å². The third-order valence-electron chi connectivity index (χ3n) is 5.65. The molecule has 0 saturated heterocycles. The molecule has 2 heterocycles. The van der Waals surface area contributed by atoms with Gasteiger partial charge in [-0.15, -0.1) is 0 Å². The van der Waals surface area contributed by atoms with Gasteiger partial charge in [0.1, 0.15) is 11.4 Å². The number of nitrogens with zero attached hydrogens (tertiary/aromatic N) is 3. The molecule has 0 radical (unpaired) electrons. The molecule has 0 fully saturated rings. The monoisotopic (exact) mass is 529 g/mol. The standard InChI is InChI=1S/C26H36FN7O4/c1-7-34-21-11-9-10-19(17(21)13-29-34)31-23-16(22(28)35)12-18(27)24(33-23)32-20(14-37-8-2)15(3)30-25(36)38-26(4,5)6/h9-13,15,20H,7-8,14H2,1-6H3,(H2,28,35)(H,30,36)(H2,31,32,33)/t15-,20+/m0/s1. The summed E-state index contributed by atoms with van der Waals surface area (Å²) >= 11 is 0. The average Bonchev–Trinajstić information content (AvgIpc) is 3.26. The van der Waals surface area contributed by atoms with Gasteiger partial charge in [-0.3, -0.25) is 9.48 Å². The van der Waals surface area contributed by atoms with E-state index in [0.717, 1.165) is 17.0 Å². The van der Waals surface area contributed by atoms with Gasteiger partial charge < -0.3 is 31.2 Å². The summed E-state index contributed by atoms with van der Waals surface area (Å²) in [6.45, 7) is 12.1. The van der Waals surface area contributed by atoms with Gasteiger partial charge in [0.2, 0.25) is 0 Å². The first-order valence-electron chi connectivity index (χ1n) is 12.5. The Balaban J connectivity index is 1.93. The maximum absolute atomic E-state index is 15.1. The molecular formula is C26H36FN7O4. The van der Waals surface area contributed by atoms with Gasteiger partial charge in [0, 0.05) is 18.5 Å². The summed E-state index contributed by atoms with van der Waals surface area (Å²) in [6, 6.07) is 5.49. The van der Waals surface area contributed by atoms with E-state index in [-0.39, 0.29) is 23.8 Å². The number of alkyl carbamates (subject to hydrolysis) is 1. The van der Waals surface area contributed by atoms with Crippen molar-refractivity contribution in [2.45, 2.75) is 65.8 Å². The quantitative estimate of drug-likeness (QED) is 0.290. The Morgan fingerprint density at radius 3 is 2.58 bits per heavy atom. The predicted molar refractivity (Wildman–Crippen MR) is 144 cm³/mol. The summed E-state index contributed by atoms with van der Waals surface area (Å²) in [6.07, 6.45) is 1.09. The summed E-state index contributed by atoms with van der Waals surface area (Å²) in [5.74, 6) is -1.70. The molecule has 11 nitrogen and oxygen atoms in total. The number of hydrogen-bond acceptors (Lipinski definition) is 8. The van der Waals surface area contributed by atoms with E-state index in [4.69, 9.17) is 15.2 Å². The first kappa shape index (κ1) is 28.6. The second-order valence-electron chi connectivity index (χ2n) is 9.75. The summed E-state index contributed by atoms with van der Waals surface area (Å²) in [4.78, 5) is 28.8. The van der Waals surface area contributed by atoms with Gasteiger partial charge in [-0.25, -0.2) is 14.2 Å². The van der Waals surface area contributed by atoms with Gasteiger partial charge >= 0.3 is 6.09 Å². The lowest BCUT2D eigenvalue weighted by Crippen LogP contribution is -2.48. The number of benzene rings is 1. The number of carbonyl (C=O) groups excluding carboxylic acids is 2. The molecule has 0 bridgehead atoms. The van der Waals surface area contributed by atoms with Crippen molar-refractivity contribution in [1.82, 2.24) is 20.1 Å². The van der Waals surface area contributed by atoms with Crippen molar-refractivity contribution >= 4 is 40.2 Å². The predicted octanol–water partition coefficient (Wildman–Crippen LogP) is 4.16. The average molecular weight is 530 g/mol. The Morgan fingerprint density at radius 1 is 1.21 bits per heavy atom. The van der Waals surface area contributed by atoms with E-state index >= 15 is 4.39 Å². The van der Waals surface area contributed by atoms with Crippen LogP contribution < -0.4 is 21.7 Å². The first-order valence-corrected chi connectivity index (χ1v) is 12.5. The molecule has 2 aromatic heterocycles. The van der Waals surface area contributed by atoms with Crippen LogP contribution in [0.4, 0.5) is 26.5 Å². The Kier molecular flexibility index (Phi) is 9.10. The molecule has 3 aromatic rings. The highest BCUT2D eigenvalue weighted by atomic mass is 19.1. The van der Waals surface area contributed by atoms with Gasteiger partial charge in [0.15, 0.2) is 11.6 Å². The number of fused-ring (bicyclic) bond motifs is 1. The minimum Gasteiger partial charge on any atom is -0.444 e. The van der Waals surface area contributed by atoms with Crippen molar-refractivity contribution in [2.24, 2.45) is 5.73 Å². The van der Waals surface area contributed by atoms with Gasteiger partial charge in [-0.05, 0) is 59.7 Å². The second-order valence-corrected chi connectivity index (χ2v) is 9.75. The van der Waals surface area contributed by atoms with Crippen molar-refractivity contribution in [1.29, 1.82) is 0 Å². The maximum atomic E-state index is 15.1. The van der Waals surface area contributed by atoms with Crippen LogP contribution in [0.25, 0.3) is 10.9 Å². The molecule has 1 aromatic carbocycles. The lowest BCUT2D eigenvalue weighted by Gasteiger charge is -2.28. The van der Waals surface area contributed by atoms with Crippen LogP contribution in [-0.2, 0) is 16.0 Å². The van der Waals surface area contributed by atoms with E-state index in [9.17, 15) is 9.59 Å². The van der Waals surface area contributed by atoms with E-state index in [0.29, 0.717) is 18.8 Å². The molecule has 0 aliphatic heterocycles. The molecule has 0 aliphatic rings. The number of nitrogens with two attached hydrogens (primary N) is 1. The molecule has 12 heteroatoms. The fourth-order valence-electron chi connectivity index (χ4n) is 3.79. The Hall–Kier alpha value is -3.93. The first-order chi connectivity index (χ1) is 17.9. The van der Waals surface area contributed by atoms with Crippen LogP contribution in [0.5, 0.6) is 0 Å². The van der Waals surface area contributed by atoms with E-state index in [1.54, 1.807) is 40.0 Å². The van der Waals surface area contributed by atoms with Crippen molar-refractivity contribution in [3.8, 4) is 0 Å². The number of amides is 2. The van der Waals surface area contributed by atoms with Gasteiger partial charge in [-0.1, -0.05) is 6.07 Å². The highest BCUT2D eigenvalue weighted by Gasteiger charge is 2.25. The Morgan fingerprint density at radius 2 is 1.95 bits per heavy atom. The van der Waals surface area contributed by atoms with Crippen LogP contribution in [0.1, 0.15) is 51.9 Å². The SMILES string of the molecule is CCOC[C@@H](Nc1nc(Nc2cccc3c2cnn3CC)c(C(N)=O)cc1F)[C@H](C)NC(=O)OC(C)(C)C. The highest BCUT2D eigenvalue weighted by molar-refractivity contribution is 6.00. The lowest BCUT2D eigenvalue weighted by molar-refractivity contribution is 0.0487. The number of nitrogens with one attached hydrogen (secondary N) is 3. The summed E-state index contributed by atoms with van der Waals surface area (Å²) in [7, 11) is 0. The Labute approximate surface area is 221 Å². The number of hydrogen-bond donors (Lipinski definition) is 4. The molecule has 5 N–H and O–H groups in total. The minimum atomic E-state index is -0.840. The molecule has 0 unspecified atom stereocenters. The number of pyridine rings is 1. The number of ether oxygens (including phenoxy) is 2.